The number of halogens is 3. The van der Waals surface area contributed by atoms with Crippen molar-refractivity contribution in [2.75, 3.05) is 11.9 Å². The summed E-state index contributed by atoms with van der Waals surface area (Å²) < 4.78 is 5.35. The number of carbonyl (C=O) groups excluding carboxylic acids is 2. The highest BCUT2D eigenvalue weighted by Gasteiger charge is 2.14. The minimum Gasteiger partial charge on any atom is -0.619 e. The predicted molar refractivity (Wildman–Crippen MR) is 85.8 cm³/mol. The molecule has 0 aliphatic rings. The fraction of sp³-hybridized carbons (Fsp3) is 0.0714. The van der Waals surface area contributed by atoms with Crippen LogP contribution >= 0.6 is 34.8 Å². The maximum absolute atomic E-state index is 11.8. The first kappa shape index (κ1) is 17.3. The average Bonchev–Trinajstić information content (AvgIpc) is 2.49. The molecule has 0 spiro atoms. The minimum atomic E-state index is -0.742. The molecule has 1 amide bonds. The summed E-state index contributed by atoms with van der Waals surface area (Å²) in [5.41, 5.74) is 0.318. The molecule has 1 aromatic heterocycles. The van der Waals surface area contributed by atoms with E-state index in [-0.39, 0.29) is 21.3 Å². The number of amides is 1. The quantitative estimate of drug-likeness (QED) is 0.506. The lowest BCUT2D eigenvalue weighted by molar-refractivity contribution is -0.605. The number of esters is 1. The van der Waals surface area contributed by atoms with Gasteiger partial charge in [-0.2, -0.15) is 4.73 Å². The van der Waals surface area contributed by atoms with Gasteiger partial charge in [0.05, 0.1) is 21.3 Å². The van der Waals surface area contributed by atoms with Crippen LogP contribution in [0.15, 0.2) is 36.7 Å². The van der Waals surface area contributed by atoms with Crippen LogP contribution in [-0.4, -0.2) is 18.5 Å². The number of benzene rings is 1. The van der Waals surface area contributed by atoms with E-state index in [9.17, 15) is 14.8 Å². The van der Waals surface area contributed by atoms with Crippen LogP contribution in [0.25, 0.3) is 0 Å². The molecule has 0 aliphatic heterocycles. The molecule has 1 heterocycles. The molecule has 0 bridgehead atoms. The van der Waals surface area contributed by atoms with Gasteiger partial charge in [-0.25, -0.2) is 4.79 Å². The monoisotopic (exact) mass is 374 g/mol. The van der Waals surface area contributed by atoms with Crippen LogP contribution in [0.1, 0.15) is 10.4 Å². The number of carbonyl (C=O) groups is 2. The molecule has 0 saturated carbocycles. The molecule has 1 aromatic carbocycles. The van der Waals surface area contributed by atoms with Gasteiger partial charge in [-0.1, -0.05) is 34.8 Å². The summed E-state index contributed by atoms with van der Waals surface area (Å²) in [7, 11) is 0. The highest BCUT2D eigenvalue weighted by atomic mass is 35.5. The number of hydrogen-bond acceptors (Lipinski definition) is 4. The number of hydrogen-bond donors (Lipinski definition) is 1. The Kier molecular flexibility index (Phi) is 5.65. The Morgan fingerprint density at radius 3 is 2.26 bits per heavy atom. The van der Waals surface area contributed by atoms with Gasteiger partial charge < -0.3 is 15.3 Å². The molecular formula is C14H9Cl3N2O4. The van der Waals surface area contributed by atoms with Crippen molar-refractivity contribution in [1.82, 2.24) is 0 Å². The summed E-state index contributed by atoms with van der Waals surface area (Å²) >= 11 is 17.6. The van der Waals surface area contributed by atoms with Crippen molar-refractivity contribution in [3.05, 3.63) is 62.5 Å². The minimum absolute atomic E-state index is 0.146. The van der Waals surface area contributed by atoms with Gasteiger partial charge in [0.1, 0.15) is 0 Å². The largest absolute Gasteiger partial charge is 0.619 e. The summed E-state index contributed by atoms with van der Waals surface area (Å²) in [5.74, 6) is -1.37. The molecule has 0 aliphatic carbocycles. The highest BCUT2D eigenvalue weighted by molar-refractivity contribution is 6.42. The van der Waals surface area contributed by atoms with Crippen LogP contribution in [0, 0.1) is 5.21 Å². The van der Waals surface area contributed by atoms with Crippen LogP contribution < -0.4 is 10.0 Å². The van der Waals surface area contributed by atoms with Crippen LogP contribution in [-0.2, 0) is 9.53 Å². The van der Waals surface area contributed by atoms with Crippen molar-refractivity contribution in [2.45, 2.75) is 0 Å². The second-order valence-electron chi connectivity index (χ2n) is 4.32. The first-order chi connectivity index (χ1) is 10.9. The molecule has 2 rings (SSSR count). The fourth-order valence-corrected chi connectivity index (χ4v) is 2.51. The summed E-state index contributed by atoms with van der Waals surface area (Å²) in [6.45, 7) is -0.541. The van der Waals surface area contributed by atoms with E-state index in [4.69, 9.17) is 39.5 Å². The van der Waals surface area contributed by atoms with E-state index in [1.165, 1.54) is 24.3 Å². The Morgan fingerprint density at radius 2 is 1.70 bits per heavy atom. The van der Waals surface area contributed by atoms with E-state index in [1.807, 2.05) is 0 Å². The lowest BCUT2D eigenvalue weighted by atomic mass is 10.3. The van der Waals surface area contributed by atoms with E-state index in [0.29, 0.717) is 9.75 Å². The van der Waals surface area contributed by atoms with Crippen molar-refractivity contribution in [2.24, 2.45) is 0 Å². The number of anilines is 1. The molecule has 23 heavy (non-hydrogen) atoms. The van der Waals surface area contributed by atoms with Gasteiger partial charge in [-0.3, -0.25) is 4.79 Å². The molecule has 9 heteroatoms. The smallest absolute Gasteiger partial charge is 0.339 e. The SMILES string of the molecule is O=C(COC(=O)c1cc[n+]([O-])cc1)Nc1c(Cl)cc(Cl)cc1Cl. The van der Waals surface area contributed by atoms with Gasteiger partial charge in [-0.15, -0.1) is 0 Å². The summed E-state index contributed by atoms with van der Waals surface area (Å²) in [5, 5.41) is 13.9. The van der Waals surface area contributed by atoms with E-state index in [2.05, 4.69) is 5.32 Å². The number of pyridine rings is 1. The number of nitrogens with one attached hydrogen (secondary N) is 1. The van der Waals surface area contributed by atoms with Crippen molar-refractivity contribution >= 4 is 52.4 Å². The van der Waals surface area contributed by atoms with E-state index in [1.54, 1.807) is 0 Å². The Labute approximate surface area is 146 Å². The van der Waals surface area contributed by atoms with Crippen LogP contribution in [0.5, 0.6) is 0 Å². The molecule has 0 fully saturated rings. The lowest BCUT2D eigenvalue weighted by Crippen LogP contribution is -2.25. The maximum atomic E-state index is 11.8. The summed E-state index contributed by atoms with van der Waals surface area (Å²) in [6.07, 6.45) is 2.29. The highest BCUT2D eigenvalue weighted by Crippen LogP contribution is 2.33. The zero-order chi connectivity index (χ0) is 17.0. The van der Waals surface area contributed by atoms with Crippen molar-refractivity contribution in [1.29, 1.82) is 0 Å². The number of rotatable bonds is 4. The zero-order valence-electron chi connectivity index (χ0n) is 11.4. The third-order valence-electron chi connectivity index (χ3n) is 2.64. The number of nitrogens with zero attached hydrogens (tertiary/aromatic N) is 1. The molecule has 1 N–H and O–H groups in total. The summed E-state index contributed by atoms with van der Waals surface area (Å²) in [4.78, 5) is 23.5. The molecule has 120 valence electrons. The molecule has 0 saturated heterocycles. The molecule has 6 nitrogen and oxygen atoms in total. The molecular weight excluding hydrogens is 367 g/mol. The first-order valence-electron chi connectivity index (χ1n) is 6.17. The standard InChI is InChI=1S/C14H9Cl3N2O4/c15-9-5-10(16)13(11(17)6-9)18-12(20)7-23-14(21)8-1-3-19(22)4-2-8/h1-6H,7H2,(H,18,20). The Hall–Kier alpha value is -2.02. The first-order valence-corrected chi connectivity index (χ1v) is 7.30. The van der Waals surface area contributed by atoms with Gasteiger partial charge in [0.2, 0.25) is 0 Å². The number of ether oxygens (including phenoxy) is 1. The van der Waals surface area contributed by atoms with Crippen molar-refractivity contribution in [3.8, 4) is 0 Å². The zero-order valence-corrected chi connectivity index (χ0v) is 13.7. The van der Waals surface area contributed by atoms with E-state index >= 15 is 0 Å². The van der Waals surface area contributed by atoms with E-state index < -0.39 is 18.5 Å². The van der Waals surface area contributed by atoms with Gasteiger partial charge in [-0.05, 0) is 12.1 Å². The maximum Gasteiger partial charge on any atom is 0.339 e. The van der Waals surface area contributed by atoms with Crippen LogP contribution in [0.2, 0.25) is 15.1 Å². The normalized spacial score (nSPS) is 10.2. The molecule has 2 aromatic rings. The second-order valence-corrected chi connectivity index (χ2v) is 5.57. The van der Waals surface area contributed by atoms with Gasteiger partial charge >= 0.3 is 5.97 Å². The Balaban J connectivity index is 1.95. The third-order valence-corrected chi connectivity index (χ3v) is 3.46. The fourth-order valence-electron chi connectivity index (χ4n) is 1.60. The molecule has 0 unspecified atom stereocenters. The topological polar surface area (TPSA) is 82.3 Å². The molecule has 0 atom stereocenters. The molecule has 0 radical (unpaired) electrons. The Morgan fingerprint density at radius 1 is 1.13 bits per heavy atom. The van der Waals surface area contributed by atoms with Crippen molar-refractivity contribution in [3.63, 3.8) is 0 Å². The van der Waals surface area contributed by atoms with Gasteiger partial charge in [0.25, 0.3) is 5.91 Å². The number of aromatic nitrogens is 1. The average molecular weight is 376 g/mol. The van der Waals surface area contributed by atoms with Gasteiger partial charge in [0.15, 0.2) is 19.0 Å². The third kappa shape index (κ3) is 4.72. The summed E-state index contributed by atoms with van der Waals surface area (Å²) in [6, 6.07) is 5.39. The van der Waals surface area contributed by atoms with Crippen LogP contribution in [0.4, 0.5) is 5.69 Å². The van der Waals surface area contributed by atoms with E-state index in [0.717, 1.165) is 12.4 Å². The predicted octanol–water partition coefficient (Wildman–Crippen LogP) is 3.08. The van der Waals surface area contributed by atoms with Crippen LogP contribution in [0.3, 0.4) is 0 Å². The second kappa shape index (κ2) is 7.50. The Bertz CT molecular complexity index is 727. The van der Waals surface area contributed by atoms with Gasteiger partial charge in [0, 0.05) is 17.2 Å². The lowest BCUT2D eigenvalue weighted by Gasteiger charge is -2.10. The van der Waals surface area contributed by atoms with Crippen molar-refractivity contribution < 1.29 is 19.1 Å².